The van der Waals surface area contributed by atoms with E-state index < -0.39 is 0 Å². The zero-order valence-corrected chi connectivity index (χ0v) is 9.70. The molecule has 0 aliphatic carbocycles. The van der Waals surface area contributed by atoms with Gasteiger partial charge >= 0.3 is 0 Å². The van der Waals surface area contributed by atoms with Gasteiger partial charge in [0.2, 0.25) is 0 Å². The van der Waals surface area contributed by atoms with Gasteiger partial charge in [-0.05, 0) is 24.3 Å². The maximum absolute atomic E-state index is 13.3. The highest BCUT2D eigenvalue weighted by Gasteiger charge is 2.12. The summed E-state index contributed by atoms with van der Waals surface area (Å²) in [6, 6.07) is 10.7. The molecule has 0 saturated carbocycles. The smallest absolute Gasteiger partial charge is 0.143 e. The van der Waals surface area contributed by atoms with E-state index in [1.54, 1.807) is 19.2 Å². The van der Waals surface area contributed by atoms with Crippen molar-refractivity contribution in [2.45, 2.75) is 0 Å². The van der Waals surface area contributed by atoms with Crippen LogP contribution >= 0.6 is 0 Å². The molecule has 3 heteroatoms. The van der Waals surface area contributed by atoms with E-state index in [0.29, 0.717) is 0 Å². The lowest BCUT2D eigenvalue weighted by Gasteiger charge is -2.04. The van der Waals surface area contributed by atoms with Gasteiger partial charge in [0.05, 0.1) is 12.6 Å². The first kappa shape index (κ1) is 10.1. The number of nitrogens with zero attached hydrogens (tertiary/aromatic N) is 1. The fourth-order valence-corrected chi connectivity index (χ4v) is 2.39. The predicted octanol–water partition coefficient (Wildman–Crippen LogP) is 3.48. The monoisotopic (exact) mass is 229 g/mol. The summed E-state index contributed by atoms with van der Waals surface area (Å²) in [5.41, 5.74) is 2.00. The standard InChI is InChI=1S/C14H12FNO/c1-16-12-7-6-9(15)8-11(12)10-4-3-5-13(17-2)14(10)16/h3-8H,1-2H3. The number of methoxy groups -OCH3 is 1. The van der Waals surface area contributed by atoms with E-state index >= 15 is 0 Å². The zero-order chi connectivity index (χ0) is 12.0. The second-order valence-electron chi connectivity index (χ2n) is 4.08. The van der Waals surface area contributed by atoms with Crippen molar-refractivity contribution in [3.63, 3.8) is 0 Å². The van der Waals surface area contributed by atoms with Crippen LogP contribution in [0.4, 0.5) is 4.39 Å². The summed E-state index contributed by atoms with van der Waals surface area (Å²) in [7, 11) is 3.61. The molecular formula is C14H12FNO. The Balaban J connectivity index is 2.58. The molecule has 0 aliphatic rings. The van der Waals surface area contributed by atoms with Gasteiger partial charge in [0.15, 0.2) is 0 Å². The lowest BCUT2D eigenvalue weighted by Crippen LogP contribution is -1.90. The summed E-state index contributed by atoms with van der Waals surface area (Å²) in [5.74, 6) is 0.592. The Morgan fingerprint density at radius 3 is 2.71 bits per heavy atom. The van der Waals surface area contributed by atoms with Crippen molar-refractivity contribution in [1.29, 1.82) is 0 Å². The summed E-state index contributed by atoms with van der Waals surface area (Å²) < 4.78 is 20.7. The molecule has 2 aromatic carbocycles. The highest BCUT2D eigenvalue weighted by molar-refractivity contribution is 6.09. The fourth-order valence-electron chi connectivity index (χ4n) is 2.39. The lowest BCUT2D eigenvalue weighted by molar-refractivity contribution is 0.418. The van der Waals surface area contributed by atoms with E-state index in [9.17, 15) is 4.39 Å². The maximum atomic E-state index is 13.3. The second-order valence-corrected chi connectivity index (χ2v) is 4.08. The first-order valence-electron chi connectivity index (χ1n) is 5.43. The molecule has 0 bridgehead atoms. The van der Waals surface area contributed by atoms with E-state index in [1.807, 2.05) is 29.8 Å². The van der Waals surface area contributed by atoms with Crippen LogP contribution in [0.1, 0.15) is 0 Å². The number of aromatic nitrogens is 1. The molecule has 0 aliphatic heterocycles. The Hall–Kier alpha value is -2.03. The number of rotatable bonds is 1. The van der Waals surface area contributed by atoms with Crippen molar-refractivity contribution in [1.82, 2.24) is 4.57 Å². The van der Waals surface area contributed by atoms with E-state index in [0.717, 1.165) is 27.6 Å². The van der Waals surface area contributed by atoms with Crippen molar-refractivity contribution in [3.05, 3.63) is 42.2 Å². The number of aryl methyl sites for hydroxylation is 1. The summed E-state index contributed by atoms with van der Waals surface area (Å²) in [6.07, 6.45) is 0. The van der Waals surface area contributed by atoms with Gasteiger partial charge in [-0.3, -0.25) is 0 Å². The molecular weight excluding hydrogens is 217 g/mol. The predicted molar refractivity (Wildman–Crippen MR) is 66.9 cm³/mol. The van der Waals surface area contributed by atoms with Crippen molar-refractivity contribution in [2.75, 3.05) is 7.11 Å². The van der Waals surface area contributed by atoms with Crippen LogP contribution in [-0.4, -0.2) is 11.7 Å². The summed E-state index contributed by atoms with van der Waals surface area (Å²) in [4.78, 5) is 0. The molecule has 0 radical (unpaired) electrons. The van der Waals surface area contributed by atoms with Gasteiger partial charge in [0.25, 0.3) is 0 Å². The van der Waals surface area contributed by atoms with Gasteiger partial charge in [-0.15, -0.1) is 0 Å². The van der Waals surface area contributed by atoms with E-state index in [-0.39, 0.29) is 5.82 Å². The molecule has 1 aromatic heterocycles. The molecule has 0 N–H and O–H groups in total. The van der Waals surface area contributed by atoms with Crippen LogP contribution in [-0.2, 0) is 7.05 Å². The number of para-hydroxylation sites is 1. The van der Waals surface area contributed by atoms with Gasteiger partial charge in [-0.2, -0.15) is 0 Å². The second kappa shape index (κ2) is 3.48. The fraction of sp³-hybridized carbons (Fsp3) is 0.143. The first-order valence-corrected chi connectivity index (χ1v) is 5.43. The molecule has 0 unspecified atom stereocenters. The van der Waals surface area contributed by atoms with E-state index in [1.165, 1.54) is 6.07 Å². The molecule has 0 atom stereocenters. The highest BCUT2D eigenvalue weighted by atomic mass is 19.1. The summed E-state index contributed by atoms with van der Waals surface area (Å²) >= 11 is 0. The lowest BCUT2D eigenvalue weighted by atomic mass is 10.1. The minimum absolute atomic E-state index is 0.215. The molecule has 0 saturated heterocycles. The van der Waals surface area contributed by atoms with Crippen molar-refractivity contribution < 1.29 is 9.13 Å². The third-order valence-corrected chi connectivity index (χ3v) is 3.16. The van der Waals surface area contributed by atoms with Crippen LogP contribution in [0.5, 0.6) is 5.75 Å². The Labute approximate surface area is 98.2 Å². The molecule has 1 heterocycles. The number of hydrogen-bond donors (Lipinski definition) is 0. The van der Waals surface area contributed by atoms with Crippen LogP contribution in [0, 0.1) is 5.82 Å². The third kappa shape index (κ3) is 1.32. The van der Waals surface area contributed by atoms with Gasteiger partial charge < -0.3 is 9.30 Å². The minimum atomic E-state index is -0.215. The van der Waals surface area contributed by atoms with Crippen LogP contribution in [0.15, 0.2) is 36.4 Å². The van der Waals surface area contributed by atoms with Crippen LogP contribution in [0.2, 0.25) is 0 Å². The number of benzene rings is 2. The van der Waals surface area contributed by atoms with Crippen LogP contribution < -0.4 is 4.74 Å². The van der Waals surface area contributed by atoms with Crippen molar-refractivity contribution >= 4 is 21.8 Å². The quantitative estimate of drug-likeness (QED) is 0.623. The van der Waals surface area contributed by atoms with Crippen LogP contribution in [0.25, 0.3) is 21.8 Å². The molecule has 0 amide bonds. The molecule has 0 fully saturated rings. The van der Waals surface area contributed by atoms with Gasteiger partial charge in [0, 0.05) is 23.3 Å². The molecule has 3 aromatic rings. The first-order chi connectivity index (χ1) is 8.22. The number of fused-ring (bicyclic) bond motifs is 3. The van der Waals surface area contributed by atoms with E-state index in [4.69, 9.17) is 4.74 Å². The van der Waals surface area contributed by atoms with Gasteiger partial charge in [0.1, 0.15) is 11.6 Å². The Morgan fingerprint density at radius 1 is 1.12 bits per heavy atom. The van der Waals surface area contributed by atoms with Crippen molar-refractivity contribution in [2.24, 2.45) is 7.05 Å². The zero-order valence-electron chi connectivity index (χ0n) is 9.70. The number of halogens is 1. The Morgan fingerprint density at radius 2 is 1.94 bits per heavy atom. The molecule has 86 valence electrons. The average Bonchev–Trinajstić information content (AvgIpc) is 2.63. The minimum Gasteiger partial charge on any atom is -0.495 e. The molecule has 0 spiro atoms. The van der Waals surface area contributed by atoms with Gasteiger partial charge in [-0.1, -0.05) is 12.1 Å². The SMILES string of the molecule is COc1cccc2c3cc(F)ccc3n(C)c12. The molecule has 3 rings (SSSR count). The topological polar surface area (TPSA) is 14.2 Å². The largest absolute Gasteiger partial charge is 0.495 e. The molecule has 2 nitrogen and oxygen atoms in total. The van der Waals surface area contributed by atoms with Gasteiger partial charge in [-0.25, -0.2) is 4.39 Å². The average molecular weight is 229 g/mol. The summed E-state index contributed by atoms with van der Waals surface area (Å²) in [5, 5.41) is 1.93. The van der Waals surface area contributed by atoms with E-state index in [2.05, 4.69) is 0 Å². The normalized spacial score (nSPS) is 11.2. The third-order valence-electron chi connectivity index (χ3n) is 3.16. The Bertz CT molecular complexity index is 715. The Kier molecular flexibility index (Phi) is 2.08. The summed E-state index contributed by atoms with van der Waals surface area (Å²) in [6.45, 7) is 0. The van der Waals surface area contributed by atoms with Crippen LogP contribution in [0.3, 0.4) is 0 Å². The maximum Gasteiger partial charge on any atom is 0.143 e. The molecule has 17 heavy (non-hydrogen) atoms. The number of hydrogen-bond acceptors (Lipinski definition) is 1. The highest BCUT2D eigenvalue weighted by Crippen LogP contribution is 2.33. The number of ether oxygens (including phenoxy) is 1. The van der Waals surface area contributed by atoms with Crippen molar-refractivity contribution in [3.8, 4) is 5.75 Å².